The summed E-state index contributed by atoms with van der Waals surface area (Å²) < 4.78 is 1.42. The van der Waals surface area contributed by atoms with Crippen LogP contribution in [0.3, 0.4) is 0 Å². The topological polar surface area (TPSA) is 57.8 Å². The van der Waals surface area contributed by atoms with Gasteiger partial charge in [0.25, 0.3) is 5.56 Å². The fraction of sp³-hybridized carbons (Fsp3) is 0.250. The second kappa shape index (κ2) is 3.09. The monoisotopic (exact) mass is 163 g/mol. The van der Waals surface area contributed by atoms with Crippen molar-refractivity contribution in [1.29, 1.82) is 5.26 Å². The first-order valence-corrected chi connectivity index (χ1v) is 3.47. The lowest BCUT2D eigenvalue weighted by Gasteiger charge is -2.03. The molecule has 1 N–H and O–H groups in total. The summed E-state index contributed by atoms with van der Waals surface area (Å²) in [6.45, 7) is 0. The maximum atomic E-state index is 11.1. The van der Waals surface area contributed by atoms with Crippen LogP contribution < -0.4 is 10.9 Å². The number of hydrogen-bond donors (Lipinski definition) is 1. The van der Waals surface area contributed by atoms with Gasteiger partial charge in [-0.25, -0.2) is 0 Å². The molecule has 1 aromatic heterocycles. The van der Waals surface area contributed by atoms with Crippen LogP contribution in [0.2, 0.25) is 0 Å². The van der Waals surface area contributed by atoms with E-state index in [2.05, 4.69) is 5.32 Å². The lowest BCUT2D eigenvalue weighted by molar-refractivity contribution is 0.860. The third-order valence-corrected chi connectivity index (χ3v) is 1.62. The first-order valence-electron chi connectivity index (χ1n) is 3.47. The van der Waals surface area contributed by atoms with E-state index in [-0.39, 0.29) is 5.56 Å². The summed E-state index contributed by atoms with van der Waals surface area (Å²) in [5, 5.41) is 11.5. The van der Waals surface area contributed by atoms with E-state index in [1.54, 1.807) is 20.3 Å². The van der Waals surface area contributed by atoms with E-state index in [0.29, 0.717) is 11.3 Å². The van der Waals surface area contributed by atoms with Gasteiger partial charge < -0.3 is 9.88 Å². The van der Waals surface area contributed by atoms with E-state index in [1.165, 1.54) is 10.6 Å². The molecule has 0 bridgehead atoms. The lowest BCUT2D eigenvalue weighted by Crippen LogP contribution is -2.16. The van der Waals surface area contributed by atoms with Crippen molar-refractivity contribution in [1.82, 2.24) is 4.57 Å². The molecule has 0 aliphatic rings. The van der Waals surface area contributed by atoms with Gasteiger partial charge in [0, 0.05) is 26.4 Å². The number of pyridine rings is 1. The predicted octanol–water partition coefficient (Wildman–Crippen LogP) is 0.299. The Morgan fingerprint density at radius 2 is 2.33 bits per heavy atom. The minimum absolute atomic E-state index is 0.175. The van der Waals surface area contributed by atoms with Gasteiger partial charge in [0.15, 0.2) is 0 Å². The molecule has 0 fully saturated rings. The number of hydrogen-bond acceptors (Lipinski definition) is 3. The van der Waals surface area contributed by atoms with Crippen molar-refractivity contribution in [3.8, 4) is 6.07 Å². The van der Waals surface area contributed by atoms with Crippen molar-refractivity contribution in [3.05, 3.63) is 28.2 Å². The zero-order valence-electron chi connectivity index (χ0n) is 6.96. The molecule has 12 heavy (non-hydrogen) atoms. The average Bonchev–Trinajstić information content (AvgIpc) is 2.09. The number of nitrogens with zero attached hydrogens (tertiary/aromatic N) is 2. The van der Waals surface area contributed by atoms with Crippen LogP contribution in [0.25, 0.3) is 0 Å². The highest BCUT2D eigenvalue weighted by Gasteiger charge is 2.01. The fourth-order valence-electron chi connectivity index (χ4n) is 0.922. The highest BCUT2D eigenvalue weighted by Crippen LogP contribution is 2.08. The van der Waals surface area contributed by atoms with Crippen molar-refractivity contribution >= 4 is 5.69 Å². The number of nitrogens with one attached hydrogen (secondary N) is 1. The second-order valence-electron chi connectivity index (χ2n) is 2.41. The zero-order valence-corrected chi connectivity index (χ0v) is 6.96. The maximum Gasteiger partial charge on any atom is 0.251 e. The van der Waals surface area contributed by atoms with Crippen molar-refractivity contribution in [2.45, 2.75) is 0 Å². The van der Waals surface area contributed by atoms with Gasteiger partial charge in [0.05, 0.1) is 11.3 Å². The third kappa shape index (κ3) is 1.30. The number of anilines is 1. The second-order valence-corrected chi connectivity index (χ2v) is 2.41. The Morgan fingerprint density at radius 1 is 1.67 bits per heavy atom. The first kappa shape index (κ1) is 8.34. The molecule has 0 saturated carbocycles. The summed E-state index contributed by atoms with van der Waals surface area (Å²) in [7, 11) is 3.35. The largest absolute Gasteiger partial charge is 0.386 e. The molecule has 62 valence electrons. The van der Waals surface area contributed by atoms with Gasteiger partial charge in [-0.3, -0.25) is 4.79 Å². The lowest BCUT2D eigenvalue weighted by atomic mass is 10.2. The number of rotatable bonds is 1. The van der Waals surface area contributed by atoms with Gasteiger partial charge in [-0.1, -0.05) is 0 Å². The molecule has 0 unspecified atom stereocenters. The molecule has 0 radical (unpaired) electrons. The summed E-state index contributed by atoms with van der Waals surface area (Å²) in [5.74, 6) is 0. The fourth-order valence-corrected chi connectivity index (χ4v) is 0.922. The first-order chi connectivity index (χ1) is 5.69. The van der Waals surface area contributed by atoms with Crippen LogP contribution >= 0.6 is 0 Å². The van der Waals surface area contributed by atoms with Gasteiger partial charge in [-0.2, -0.15) is 5.26 Å². The zero-order chi connectivity index (χ0) is 9.14. The molecular weight excluding hydrogens is 154 g/mol. The SMILES string of the molecule is CNc1cn(C)c(=O)cc1C#N. The van der Waals surface area contributed by atoms with Crippen LogP contribution in [-0.4, -0.2) is 11.6 Å². The third-order valence-electron chi connectivity index (χ3n) is 1.62. The minimum atomic E-state index is -0.175. The van der Waals surface area contributed by atoms with Crippen molar-refractivity contribution in [3.63, 3.8) is 0 Å². The smallest absolute Gasteiger partial charge is 0.251 e. The molecule has 1 aromatic rings. The van der Waals surface area contributed by atoms with Gasteiger partial charge in [-0.05, 0) is 0 Å². The Hall–Kier alpha value is -1.76. The Kier molecular flexibility index (Phi) is 2.15. The van der Waals surface area contributed by atoms with Crippen LogP contribution in [-0.2, 0) is 7.05 Å². The molecule has 0 saturated heterocycles. The van der Waals surface area contributed by atoms with E-state index in [4.69, 9.17) is 5.26 Å². The van der Waals surface area contributed by atoms with Gasteiger partial charge in [-0.15, -0.1) is 0 Å². The van der Waals surface area contributed by atoms with Crippen LogP contribution in [0.15, 0.2) is 17.1 Å². The van der Waals surface area contributed by atoms with E-state index in [1.807, 2.05) is 6.07 Å². The Balaban J connectivity index is 3.42. The van der Waals surface area contributed by atoms with E-state index in [9.17, 15) is 4.79 Å². The highest BCUT2D eigenvalue weighted by atomic mass is 16.1. The van der Waals surface area contributed by atoms with Crippen LogP contribution in [0.4, 0.5) is 5.69 Å². The Bertz CT molecular complexity index is 386. The molecule has 0 amide bonds. The van der Waals surface area contributed by atoms with E-state index < -0.39 is 0 Å². The summed E-state index contributed by atoms with van der Waals surface area (Å²) in [4.78, 5) is 11.1. The van der Waals surface area contributed by atoms with E-state index >= 15 is 0 Å². The van der Waals surface area contributed by atoms with Crippen LogP contribution in [0, 0.1) is 11.3 Å². The number of aryl methyl sites for hydroxylation is 1. The minimum Gasteiger partial charge on any atom is -0.386 e. The molecule has 0 aliphatic heterocycles. The Morgan fingerprint density at radius 3 is 2.83 bits per heavy atom. The maximum absolute atomic E-state index is 11.1. The van der Waals surface area contributed by atoms with Crippen LogP contribution in [0.1, 0.15) is 5.56 Å². The summed E-state index contributed by atoms with van der Waals surface area (Å²) in [5.41, 5.74) is 0.866. The molecule has 0 spiro atoms. The molecule has 4 heteroatoms. The number of nitriles is 1. The average molecular weight is 163 g/mol. The highest BCUT2D eigenvalue weighted by molar-refractivity contribution is 5.55. The van der Waals surface area contributed by atoms with Gasteiger partial charge >= 0.3 is 0 Å². The molecule has 0 atom stereocenters. The van der Waals surface area contributed by atoms with Crippen LogP contribution in [0.5, 0.6) is 0 Å². The quantitative estimate of drug-likeness (QED) is 0.647. The van der Waals surface area contributed by atoms with Crippen molar-refractivity contribution < 1.29 is 0 Å². The molecule has 1 heterocycles. The van der Waals surface area contributed by atoms with E-state index in [0.717, 1.165) is 0 Å². The number of aromatic nitrogens is 1. The Labute approximate surface area is 70.1 Å². The molecule has 1 rings (SSSR count). The predicted molar refractivity (Wildman–Crippen MR) is 45.9 cm³/mol. The van der Waals surface area contributed by atoms with Crippen molar-refractivity contribution in [2.24, 2.45) is 7.05 Å². The summed E-state index contributed by atoms with van der Waals surface area (Å²) in [6.07, 6.45) is 1.60. The molecule has 0 aliphatic carbocycles. The van der Waals surface area contributed by atoms with Crippen molar-refractivity contribution in [2.75, 3.05) is 12.4 Å². The normalized spacial score (nSPS) is 9.08. The molecular formula is C8H9N3O. The molecule has 0 aromatic carbocycles. The standard InChI is InChI=1S/C8H9N3O/c1-10-7-5-11(2)8(12)3-6(7)4-9/h3,5,10H,1-2H3. The summed E-state index contributed by atoms with van der Waals surface area (Å²) in [6, 6.07) is 3.25. The van der Waals surface area contributed by atoms with Gasteiger partial charge in [0.2, 0.25) is 0 Å². The van der Waals surface area contributed by atoms with Gasteiger partial charge in [0.1, 0.15) is 6.07 Å². The summed E-state index contributed by atoms with van der Waals surface area (Å²) >= 11 is 0. The molecule has 4 nitrogen and oxygen atoms in total.